The van der Waals surface area contributed by atoms with Crippen molar-refractivity contribution < 1.29 is 4.79 Å². The number of carbonyl (C=O) groups excluding carboxylic acids is 1. The molecule has 0 fully saturated rings. The molecule has 15 heavy (non-hydrogen) atoms. The number of hydrogen-bond acceptors (Lipinski definition) is 1. The van der Waals surface area contributed by atoms with Gasteiger partial charge >= 0.3 is 0 Å². The van der Waals surface area contributed by atoms with Crippen LogP contribution >= 0.6 is 11.6 Å². The Bertz CT molecular complexity index is 369. The standard InChI is InChI=1S/C13H15ClO/c1-13(2,3)11-7-4-10(5-8-11)6-9-12(14)15/h4-9H,1-3H3/b9-6+. The van der Waals surface area contributed by atoms with E-state index in [1.54, 1.807) is 6.08 Å². The van der Waals surface area contributed by atoms with Crippen molar-refractivity contribution in [2.45, 2.75) is 26.2 Å². The van der Waals surface area contributed by atoms with E-state index in [-0.39, 0.29) is 5.41 Å². The van der Waals surface area contributed by atoms with Gasteiger partial charge in [-0.15, -0.1) is 0 Å². The molecule has 0 bridgehead atoms. The first-order chi connectivity index (χ1) is 6.89. The summed E-state index contributed by atoms with van der Waals surface area (Å²) in [5.41, 5.74) is 2.42. The van der Waals surface area contributed by atoms with Crippen LogP contribution in [0.5, 0.6) is 0 Å². The van der Waals surface area contributed by atoms with Gasteiger partial charge in [0.2, 0.25) is 5.24 Å². The Hall–Kier alpha value is -1.08. The molecule has 0 heterocycles. The zero-order valence-corrected chi connectivity index (χ0v) is 10.0. The maximum absolute atomic E-state index is 10.5. The molecule has 0 saturated carbocycles. The molecule has 0 aliphatic heterocycles. The van der Waals surface area contributed by atoms with Crippen LogP contribution in [0.15, 0.2) is 30.3 Å². The predicted octanol–water partition coefficient (Wildman–Crippen LogP) is 3.76. The molecule has 1 aromatic carbocycles. The minimum atomic E-state index is -0.449. The van der Waals surface area contributed by atoms with Crippen molar-refractivity contribution >= 4 is 22.9 Å². The van der Waals surface area contributed by atoms with Crippen LogP contribution in [-0.2, 0) is 10.2 Å². The second-order valence-corrected chi connectivity index (χ2v) is 4.88. The first-order valence-corrected chi connectivity index (χ1v) is 5.25. The Morgan fingerprint density at radius 2 is 1.73 bits per heavy atom. The SMILES string of the molecule is CC(C)(C)c1ccc(/C=C/C(=O)Cl)cc1. The fraction of sp³-hybridized carbons (Fsp3) is 0.308. The van der Waals surface area contributed by atoms with Gasteiger partial charge in [0.25, 0.3) is 0 Å². The fourth-order valence-corrected chi connectivity index (χ4v) is 1.32. The second-order valence-electron chi connectivity index (χ2n) is 4.51. The van der Waals surface area contributed by atoms with Gasteiger partial charge in [0.05, 0.1) is 0 Å². The lowest BCUT2D eigenvalue weighted by Gasteiger charge is -2.18. The highest BCUT2D eigenvalue weighted by atomic mass is 35.5. The Balaban J connectivity index is 2.86. The lowest BCUT2D eigenvalue weighted by molar-refractivity contribution is -0.107. The molecule has 0 saturated heterocycles. The van der Waals surface area contributed by atoms with Crippen LogP contribution in [0.2, 0.25) is 0 Å². The number of benzene rings is 1. The summed E-state index contributed by atoms with van der Waals surface area (Å²) in [5, 5.41) is -0.449. The summed E-state index contributed by atoms with van der Waals surface area (Å²) in [7, 11) is 0. The summed E-state index contributed by atoms with van der Waals surface area (Å²) in [5.74, 6) is 0. The van der Waals surface area contributed by atoms with Crippen molar-refractivity contribution in [2.75, 3.05) is 0 Å². The minimum Gasteiger partial charge on any atom is -0.276 e. The Labute approximate surface area is 95.8 Å². The van der Waals surface area contributed by atoms with Gasteiger partial charge in [0.15, 0.2) is 0 Å². The summed E-state index contributed by atoms with van der Waals surface area (Å²) in [4.78, 5) is 10.5. The van der Waals surface area contributed by atoms with Crippen molar-refractivity contribution in [3.8, 4) is 0 Å². The third kappa shape index (κ3) is 3.88. The van der Waals surface area contributed by atoms with E-state index < -0.39 is 5.24 Å². The molecule has 0 aliphatic rings. The van der Waals surface area contributed by atoms with Crippen LogP contribution in [0.3, 0.4) is 0 Å². The zero-order valence-electron chi connectivity index (χ0n) is 9.25. The van der Waals surface area contributed by atoms with Crippen molar-refractivity contribution in [1.29, 1.82) is 0 Å². The van der Waals surface area contributed by atoms with Gasteiger partial charge in [-0.25, -0.2) is 0 Å². The van der Waals surface area contributed by atoms with Crippen LogP contribution < -0.4 is 0 Å². The average Bonchev–Trinajstić information content (AvgIpc) is 2.14. The molecule has 0 amide bonds. The van der Waals surface area contributed by atoms with Crippen molar-refractivity contribution in [2.24, 2.45) is 0 Å². The molecule has 0 N–H and O–H groups in total. The molecule has 2 heteroatoms. The molecule has 1 aromatic rings. The highest BCUT2D eigenvalue weighted by Gasteiger charge is 2.12. The smallest absolute Gasteiger partial charge is 0.245 e. The molecular weight excluding hydrogens is 208 g/mol. The number of halogens is 1. The van der Waals surface area contributed by atoms with Gasteiger partial charge in [-0.1, -0.05) is 51.1 Å². The van der Waals surface area contributed by atoms with Crippen LogP contribution in [0, 0.1) is 0 Å². The Morgan fingerprint density at radius 1 is 1.20 bits per heavy atom. The lowest BCUT2D eigenvalue weighted by atomic mass is 9.87. The second kappa shape index (κ2) is 4.63. The maximum Gasteiger partial charge on any atom is 0.245 e. The van der Waals surface area contributed by atoms with Crippen molar-refractivity contribution in [3.63, 3.8) is 0 Å². The van der Waals surface area contributed by atoms with Gasteiger partial charge < -0.3 is 0 Å². The Morgan fingerprint density at radius 3 is 2.13 bits per heavy atom. The lowest BCUT2D eigenvalue weighted by Crippen LogP contribution is -2.10. The van der Waals surface area contributed by atoms with E-state index in [9.17, 15) is 4.79 Å². The predicted molar refractivity (Wildman–Crippen MR) is 65.0 cm³/mol. The number of rotatable bonds is 2. The summed E-state index contributed by atoms with van der Waals surface area (Å²) < 4.78 is 0. The summed E-state index contributed by atoms with van der Waals surface area (Å²) in [6.45, 7) is 6.50. The van der Waals surface area contributed by atoms with Crippen LogP contribution in [0.25, 0.3) is 6.08 Å². The van der Waals surface area contributed by atoms with Crippen molar-refractivity contribution in [1.82, 2.24) is 0 Å². The normalized spacial score (nSPS) is 12.0. The largest absolute Gasteiger partial charge is 0.276 e. The van der Waals surface area contributed by atoms with Gasteiger partial charge in [-0.05, 0) is 34.2 Å². The summed E-state index contributed by atoms with van der Waals surface area (Å²) >= 11 is 5.21. The first-order valence-electron chi connectivity index (χ1n) is 4.88. The van der Waals surface area contributed by atoms with Crippen LogP contribution in [-0.4, -0.2) is 5.24 Å². The molecule has 0 aromatic heterocycles. The van der Waals surface area contributed by atoms with E-state index in [0.29, 0.717) is 0 Å². The highest BCUT2D eigenvalue weighted by molar-refractivity contribution is 6.66. The highest BCUT2D eigenvalue weighted by Crippen LogP contribution is 2.22. The molecule has 0 atom stereocenters. The number of hydrogen-bond donors (Lipinski definition) is 0. The fourth-order valence-electron chi connectivity index (χ4n) is 1.26. The van der Waals surface area contributed by atoms with Gasteiger partial charge in [0.1, 0.15) is 0 Å². The molecule has 1 nitrogen and oxygen atoms in total. The van der Waals surface area contributed by atoms with Gasteiger partial charge in [-0.2, -0.15) is 0 Å². The molecule has 0 aliphatic carbocycles. The molecule has 80 valence electrons. The van der Waals surface area contributed by atoms with Crippen LogP contribution in [0.4, 0.5) is 0 Å². The molecule has 0 unspecified atom stereocenters. The third-order valence-electron chi connectivity index (χ3n) is 2.18. The van der Waals surface area contributed by atoms with E-state index >= 15 is 0 Å². The number of allylic oxidation sites excluding steroid dienone is 1. The van der Waals surface area contributed by atoms with E-state index in [4.69, 9.17) is 11.6 Å². The third-order valence-corrected chi connectivity index (χ3v) is 2.31. The molecular formula is C13H15ClO. The minimum absolute atomic E-state index is 0.157. The molecule has 0 radical (unpaired) electrons. The topological polar surface area (TPSA) is 17.1 Å². The number of carbonyl (C=O) groups is 1. The van der Waals surface area contributed by atoms with E-state index in [1.807, 2.05) is 12.1 Å². The summed E-state index contributed by atoms with van der Waals surface area (Å²) in [6, 6.07) is 8.10. The zero-order chi connectivity index (χ0) is 11.5. The Kier molecular flexibility index (Phi) is 3.70. The van der Waals surface area contributed by atoms with Crippen LogP contribution in [0.1, 0.15) is 31.9 Å². The summed E-state index contributed by atoms with van der Waals surface area (Å²) in [6.07, 6.45) is 3.06. The van der Waals surface area contributed by atoms with E-state index in [0.717, 1.165) is 5.56 Å². The quantitative estimate of drug-likeness (QED) is 0.550. The molecule has 1 rings (SSSR count). The monoisotopic (exact) mass is 222 g/mol. The van der Waals surface area contributed by atoms with Gasteiger partial charge in [-0.3, -0.25) is 4.79 Å². The first kappa shape index (κ1) is 12.0. The van der Waals surface area contributed by atoms with E-state index in [2.05, 4.69) is 32.9 Å². The van der Waals surface area contributed by atoms with Gasteiger partial charge in [0, 0.05) is 0 Å². The van der Waals surface area contributed by atoms with Crippen molar-refractivity contribution in [3.05, 3.63) is 41.5 Å². The average molecular weight is 223 g/mol. The van der Waals surface area contributed by atoms with E-state index in [1.165, 1.54) is 11.6 Å². The molecule has 0 spiro atoms. The maximum atomic E-state index is 10.5.